The standard InChI is InChI=1S/C25H36N2OSi/c1-18(2)29(19(3)4,20(5)6)28-15-9-12-25-26-17-24(27-25)23-14-13-21-10-7-8-11-22(21)16-23/h7-8,10-11,13-14,16-20H,9,12,15H2,1-6H3,(H,26,27). The predicted octanol–water partition coefficient (Wildman–Crippen LogP) is 7.35. The summed E-state index contributed by atoms with van der Waals surface area (Å²) in [7, 11) is -1.77. The lowest BCUT2D eigenvalue weighted by molar-refractivity contribution is 0.272. The van der Waals surface area contributed by atoms with E-state index in [0.29, 0.717) is 16.6 Å². The van der Waals surface area contributed by atoms with E-state index < -0.39 is 8.32 Å². The quantitative estimate of drug-likeness (QED) is 0.297. The van der Waals surface area contributed by atoms with Crippen molar-refractivity contribution in [2.24, 2.45) is 0 Å². The first-order chi connectivity index (χ1) is 13.8. The lowest BCUT2D eigenvalue weighted by Crippen LogP contribution is -2.48. The number of benzene rings is 2. The van der Waals surface area contributed by atoms with Gasteiger partial charge in [0.25, 0.3) is 0 Å². The molecule has 3 nitrogen and oxygen atoms in total. The molecule has 3 rings (SSSR count). The van der Waals surface area contributed by atoms with E-state index in [-0.39, 0.29) is 0 Å². The van der Waals surface area contributed by atoms with Crippen LogP contribution in [-0.2, 0) is 10.8 Å². The van der Waals surface area contributed by atoms with Crippen LogP contribution >= 0.6 is 0 Å². The molecule has 29 heavy (non-hydrogen) atoms. The van der Waals surface area contributed by atoms with Gasteiger partial charge in [0.05, 0.1) is 11.9 Å². The van der Waals surface area contributed by atoms with Crippen molar-refractivity contribution in [3.8, 4) is 11.3 Å². The lowest BCUT2D eigenvalue weighted by Gasteiger charge is -2.42. The molecule has 1 N–H and O–H groups in total. The molecule has 0 aliphatic rings. The maximum Gasteiger partial charge on any atom is 0.200 e. The van der Waals surface area contributed by atoms with Crippen molar-refractivity contribution >= 4 is 19.1 Å². The van der Waals surface area contributed by atoms with Gasteiger partial charge in [-0.25, -0.2) is 4.98 Å². The Kier molecular flexibility index (Phi) is 6.96. The van der Waals surface area contributed by atoms with Gasteiger partial charge >= 0.3 is 0 Å². The van der Waals surface area contributed by atoms with Crippen LogP contribution in [0.15, 0.2) is 48.7 Å². The average molecular weight is 409 g/mol. The van der Waals surface area contributed by atoms with E-state index in [4.69, 9.17) is 4.43 Å². The van der Waals surface area contributed by atoms with Crippen LogP contribution in [0.3, 0.4) is 0 Å². The summed E-state index contributed by atoms with van der Waals surface area (Å²) in [4.78, 5) is 8.12. The van der Waals surface area contributed by atoms with Gasteiger partial charge in [0.2, 0.25) is 0 Å². The summed E-state index contributed by atoms with van der Waals surface area (Å²) in [5.74, 6) is 1.04. The molecule has 0 aliphatic carbocycles. The van der Waals surface area contributed by atoms with Gasteiger partial charge in [-0.2, -0.15) is 0 Å². The van der Waals surface area contributed by atoms with E-state index in [0.717, 1.165) is 31.0 Å². The molecule has 0 fully saturated rings. The zero-order valence-electron chi connectivity index (χ0n) is 18.8. The smallest absolute Gasteiger partial charge is 0.200 e. The molecule has 0 amide bonds. The maximum absolute atomic E-state index is 6.67. The SMILES string of the molecule is CC(C)[Si](OCCCc1ncc(-c2ccc3ccccc3c2)[nH]1)(C(C)C)C(C)C. The van der Waals surface area contributed by atoms with Crippen LogP contribution in [0.2, 0.25) is 16.6 Å². The minimum atomic E-state index is -1.77. The van der Waals surface area contributed by atoms with Crippen LogP contribution in [0, 0.1) is 0 Å². The fourth-order valence-electron chi connectivity index (χ4n) is 4.98. The molecular weight excluding hydrogens is 372 g/mol. The molecule has 3 aromatic rings. The number of fused-ring (bicyclic) bond motifs is 1. The first-order valence-electron chi connectivity index (χ1n) is 11.0. The second-order valence-corrected chi connectivity index (χ2v) is 14.5. The number of hydrogen-bond acceptors (Lipinski definition) is 2. The summed E-state index contributed by atoms with van der Waals surface area (Å²) in [6, 6.07) is 15.0. The predicted molar refractivity (Wildman–Crippen MR) is 127 cm³/mol. The van der Waals surface area contributed by atoms with Gasteiger partial charge in [-0.3, -0.25) is 0 Å². The fourth-order valence-corrected chi connectivity index (χ4v) is 10.5. The molecule has 0 atom stereocenters. The Morgan fingerprint density at radius 3 is 2.21 bits per heavy atom. The number of rotatable bonds is 9. The van der Waals surface area contributed by atoms with Crippen LogP contribution < -0.4 is 0 Å². The Labute approximate surface area is 177 Å². The molecule has 2 aromatic carbocycles. The van der Waals surface area contributed by atoms with Crippen molar-refractivity contribution in [2.45, 2.75) is 71.0 Å². The highest BCUT2D eigenvalue weighted by molar-refractivity contribution is 6.77. The van der Waals surface area contributed by atoms with Gasteiger partial charge in [-0.1, -0.05) is 77.9 Å². The Morgan fingerprint density at radius 1 is 0.897 bits per heavy atom. The third-order valence-corrected chi connectivity index (χ3v) is 12.4. The van der Waals surface area contributed by atoms with Crippen molar-refractivity contribution in [1.82, 2.24) is 9.97 Å². The second kappa shape index (κ2) is 9.27. The third-order valence-electron chi connectivity index (χ3n) is 6.31. The van der Waals surface area contributed by atoms with Gasteiger partial charge in [-0.15, -0.1) is 0 Å². The van der Waals surface area contributed by atoms with Crippen LogP contribution in [-0.4, -0.2) is 24.9 Å². The van der Waals surface area contributed by atoms with Crippen LogP contribution in [0.25, 0.3) is 22.0 Å². The number of H-pyrrole nitrogens is 1. The fraction of sp³-hybridized carbons (Fsp3) is 0.480. The monoisotopic (exact) mass is 408 g/mol. The highest BCUT2D eigenvalue weighted by Gasteiger charge is 2.44. The highest BCUT2D eigenvalue weighted by Crippen LogP contribution is 2.42. The maximum atomic E-state index is 6.67. The summed E-state index contributed by atoms with van der Waals surface area (Å²) in [5, 5.41) is 2.52. The first kappa shape index (κ1) is 21.8. The normalized spacial score (nSPS) is 12.6. The minimum Gasteiger partial charge on any atom is -0.416 e. The van der Waals surface area contributed by atoms with Gasteiger partial charge in [0, 0.05) is 18.6 Å². The summed E-state index contributed by atoms with van der Waals surface area (Å²) in [6.45, 7) is 14.9. The molecule has 0 saturated heterocycles. The zero-order valence-corrected chi connectivity index (χ0v) is 19.8. The molecule has 0 aliphatic heterocycles. The largest absolute Gasteiger partial charge is 0.416 e. The number of aromatic nitrogens is 2. The number of nitrogens with zero attached hydrogens (tertiary/aromatic N) is 1. The van der Waals surface area contributed by atoms with Crippen molar-refractivity contribution in [3.63, 3.8) is 0 Å². The molecule has 1 aromatic heterocycles. The first-order valence-corrected chi connectivity index (χ1v) is 13.2. The van der Waals surface area contributed by atoms with Crippen LogP contribution in [0.5, 0.6) is 0 Å². The van der Waals surface area contributed by atoms with Gasteiger partial charge < -0.3 is 9.41 Å². The van der Waals surface area contributed by atoms with E-state index in [2.05, 4.69) is 94.0 Å². The summed E-state index contributed by atoms with van der Waals surface area (Å²) >= 11 is 0. The van der Waals surface area contributed by atoms with Crippen molar-refractivity contribution in [1.29, 1.82) is 0 Å². The van der Waals surface area contributed by atoms with Gasteiger partial charge in [-0.05, 0) is 39.9 Å². The lowest BCUT2D eigenvalue weighted by atomic mass is 10.1. The van der Waals surface area contributed by atoms with E-state index in [1.54, 1.807) is 0 Å². The van der Waals surface area contributed by atoms with E-state index in [1.165, 1.54) is 16.3 Å². The van der Waals surface area contributed by atoms with Crippen molar-refractivity contribution in [3.05, 3.63) is 54.5 Å². The van der Waals surface area contributed by atoms with Crippen LogP contribution in [0.4, 0.5) is 0 Å². The number of nitrogens with one attached hydrogen (secondary N) is 1. The summed E-state index contributed by atoms with van der Waals surface area (Å²) in [5.41, 5.74) is 4.16. The molecule has 0 spiro atoms. The zero-order chi connectivity index (χ0) is 21.0. The van der Waals surface area contributed by atoms with E-state index in [1.807, 2.05) is 6.20 Å². The topological polar surface area (TPSA) is 37.9 Å². The Balaban J connectivity index is 1.61. The number of aryl methyl sites for hydroxylation is 1. The Hall–Kier alpha value is -1.91. The van der Waals surface area contributed by atoms with E-state index >= 15 is 0 Å². The van der Waals surface area contributed by atoms with Gasteiger partial charge in [0.1, 0.15) is 5.82 Å². The molecule has 0 saturated carbocycles. The Morgan fingerprint density at radius 2 is 1.55 bits per heavy atom. The molecular formula is C25H36N2OSi. The molecule has 1 heterocycles. The highest BCUT2D eigenvalue weighted by atomic mass is 28.4. The molecule has 4 heteroatoms. The van der Waals surface area contributed by atoms with Crippen LogP contribution in [0.1, 0.15) is 53.8 Å². The molecule has 0 unspecified atom stereocenters. The second-order valence-electron chi connectivity index (χ2n) is 9.08. The van der Waals surface area contributed by atoms with Gasteiger partial charge in [0.15, 0.2) is 8.32 Å². The van der Waals surface area contributed by atoms with Crippen molar-refractivity contribution in [2.75, 3.05) is 6.61 Å². The molecule has 0 radical (unpaired) electrons. The minimum absolute atomic E-state index is 0.630. The number of hydrogen-bond donors (Lipinski definition) is 1. The number of imidazole rings is 1. The van der Waals surface area contributed by atoms with Crippen molar-refractivity contribution < 1.29 is 4.43 Å². The average Bonchev–Trinajstić information content (AvgIpc) is 3.15. The number of aromatic amines is 1. The van der Waals surface area contributed by atoms with E-state index in [9.17, 15) is 0 Å². The molecule has 156 valence electrons. The summed E-state index contributed by atoms with van der Waals surface area (Å²) < 4.78 is 6.67. The Bertz CT molecular complexity index is 907. The molecule has 0 bridgehead atoms. The summed E-state index contributed by atoms with van der Waals surface area (Å²) in [6.07, 6.45) is 3.88. The third kappa shape index (κ3) is 4.64.